The zero-order valence-electron chi connectivity index (χ0n) is 15.5. The standard InChI is InChI=1S/C21H19ClF2N4O/c22-14-5-8-18(24)17(10-14)21(29)25-16-2-1-9-28(12-16)20-11-19(26-27-20)13-3-6-15(23)7-4-13/h3-8,10-11,16H,1-2,9,12H2,(H,25,29)(H,26,27). The van der Waals surface area contributed by atoms with Crippen LogP contribution in [0, 0.1) is 11.6 Å². The molecule has 1 aliphatic heterocycles. The Hall–Kier alpha value is -2.93. The number of carbonyl (C=O) groups is 1. The zero-order chi connectivity index (χ0) is 20.4. The topological polar surface area (TPSA) is 61.0 Å². The molecule has 29 heavy (non-hydrogen) atoms. The number of anilines is 1. The molecule has 1 fully saturated rings. The van der Waals surface area contributed by atoms with Crippen molar-refractivity contribution in [3.63, 3.8) is 0 Å². The van der Waals surface area contributed by atoms with Crippen LogP contribution in [-0.2, 0) is 0 Å². The van der Waals surface area contributed by atoms with Crippen molar-refractivity contribution >= 4 is 23.3 Å². The summed E-state index contributed by atoms with van der Waals surface area (Å²) >= 11 is 5.88. The second kappa shape index (κ2) is 8.21. The molecule has 0 bridgehead atoms. The minimum absolute atomic E-state index is 0.0620. The lowest BCUT2D eigenvalue weighted by atomic mass is 10.0. The van der Waals surface area contributed by atoms with Gasteiger partial charge in [-0.1, -0.05) is 11.6 Å². The Morgan fingerprint density at radius 1 is 1.17 bits per heavy atom. The maximum absolute atomic E-state index is 13.9. The molecule has 8 heteroatoms. The fourth-order valence-electron chi connectivity index (χ4n) is 3.49. The molecule has 2 N–H and O–H groups in total. The molecule has 1 unspecified atom stereocenters. The van der Waals surface area contributed by atoms with Crippen LogP contribution in [0.25, 0.3) is 11.3 Å². The van der Waals surface area contributed by atoms with Crippen molar-refractivity contribution in [2.45, 2.75) is 18.9 Å². The van der Waals surface area contributed by atoms with Gasteiger partial charge in [0.25, 0.3) is 5.91 Å². The van der Waals surface area contributed by atoms with E-state index in [2.05, 4.69) is 20.4 Å². The van der Waals surface area contributed by atoms with Gasteiger partial charge in [0.05, 0.1) is 11.3 Å². The van der Waals surface area contributed by atoms with Gasteiger partial charge in [-0.2, -0.15) is 5.10 Å². The van der Waals surface area contributed by atoms with E-state index in [9.17, 15) is 13.6 Å². The summed E-state index contributed by atoms with van der Waals surface area (Å²) in [5.41, 5.74) is 1.56. The number of hydrogen-bond donors (Lipinski definition) is 2. The molecule has 0 radical (unpaired) electrons. The molecule has 3 aromatic rings. The van der Waals surface area contributed by atoms with E-state index in [1.54, 1.807) is 12.1 Å². The molecule has 1 amide bonds. The molecule has 5 nitrogen and oxygen atoms in total. The average Bonchev–Trinajstić information content (AvgIpc) is 3.21. The summed E-state index contributed by atoms with van der Waals surface area (Å²) in [6.45, 7) is 1.35. The summed E-state index contributed by atoms with van der Waals surface area (Å²) in [4.78, 5) is 14.5. The van der Waals surface area contributed by atoms with Gasteiger partial charge in [-0.15, -0.1) is 0 Å². The van der Waals surface area contributed by atoms with Crippen LogP contribution in [0.5, 0.6) is 0 Å². The van der Waals surface area contributed by atoms with Crippen LogP contribution in [0.1, 0.15) is 23.2 Å². The molecule has 0 spiro atoms. The number of nitrogens with one attached hydrogen (secondary N) is 2. The van der Waals surface area contributed by atoms with Crippen molar-refractivity contribution in [3.05, 3.63) is 70.8 Å². The Kier molecular flexibility index (Phi) is 5.49. The van der Waals surface area contributed by atoms with Gasteiger partial charge in [0.15, 0.2) is 5.82 Å². The number of aromatic amines is 1. The van der Waals surface area contributed by atoms with Crippen molar-refractivity contribution in [2.75, 3.05) is 18.0 Å². The Morgan fingerprint density at radius 2 is 1.97 bits per heavy atom. The number of benzene rings is 2. The molecule has 1 aliphatic rings. The number of halogens is 3. The van der Waals surface area contributed by atoms with Crippen LogP contribution in [0.3, 0.4) is 0 Å². The minimum atomic E-state index is -0.601. The molecule has 1 saturated heterocycles. The summed E-state index contributed by atoms with van der Waals surface area (Å²) < 4.78 is 27.1. The van der Waals surface area contributed by atoms with Gasteiger partial charge in [-0.05, 0) is 60.9 Å². The third-order valence-corrected chi connectivity index (χ3v) is 5.21. The second-order valence-electron chi connectivity index (χ2n) is 7.03. The number of carbonyl (C=O) groups excluding carboxylic acids is 1. The molecule has 4 rings (SSSR count). The van der Waals surface area contributed by atoms with Crippen molar-refractivity contribution < 1.29 is 13.6 Å². The molecular weight excluding hydrogens is 398 g/mol. The van der Waals surface area contributed by atoms with Crippen LogP contribution < -0.4 is 10.2 Å². The van der Waals surface area contributed by atoms with Crippen LogP contribution in [-0.4, -0.2) is 35.2 Å². The van der Waals surface area contributed by atoms with Crippen molar-refractivity contribution in [2.24, 2.45) is 0 Å². The molecule has 150 valence electrons. The van der Waals surface area contributed by atoms with Crippen molar-refractivity contribution in [3.8, 4) is 11.3 Å². The Labute approximate surface area is 171 Å². The normalized spacial score (nSPS) is 16.7. The Morgan fingerprint density at radius 3 is 2.76 bits per heavy atom. The highest BCUT2D eigenvalue weighted by Crippen LogP contribution is 2.24. The van der Waals surface area contributed by atoms with Crippen molar-refractivity contribution in [1.29, 1.82) is 0 Å². The fourth-order valence-corrected chi connectivity index (χ4v) is 3.66. The highest BCUT2D eigenvalue weighted by atomic mass is 35.5. The number of hydrogen-bond acceptors (Lipinski definition) is 3. The lowest BCUT2D eigenvalue weighted by molar-refractivity contribution is 0.0929. The van der Waals surface area contributed by atoms with E-state index in [0.717, 1.165) is 36.5 Å². The van der Waals surface area contributed by atoms with Crippen molar-refractivity contribution in [1.82, 2.24) is 15.5 Å². The van der Waals surface area contributed by atoms with Crippen LogP contribution in [0.15, 0.2) is 48.5 Å². The van der Waals surface area contributed by atoms with Gasteiger partial charge < -0.3 is 10.2 Å². The molecule has 1 atom stereocenters. The Balaban J connectivity index is 1.44. The van der Waals surface area contributed by atoms with E-state index in [1.165, 1.54) is 30.3 Å². The number of aromatic nitrogens is 2. The number of rotatable bonds is 4. The monoisotopic (exact) mass is 416 g/mol. The largest absolute Gasteiger partial charge is 0.353 e. The van der Waals surface area contributed by atoms with E-state index in [0.29, 0.717) is 11.6 Å². The summed E-state index contributed by atoms with van der Waals surface area (Å²) in [6, 6.07) is 11.9. The maximum Gasteiger partial charge on any atom is 0.254 e. The van der Waals surface area contributed by atoms with Crippen LogP contribution in [0.2, 0.25) is 5.02 Å². The molecule has 1 aromatic heterocycles. The molecule has 2 heterocycles. The first kappa shape index (κ1) is 19.4. The Bertz CT molecular complexity index is 1020. The van der Waals surface area contributed by atoms with Crippen LogP contribution >= 0.6 is 11.6 Å². The number of piperidine rings is 1. The number of nitrogens with zero attached hydrogens (tertiary/aromatic N) is 2. The maximum atomic E-state index is 13.9. The highest BCUT2D eigenvalue weighted by Gasteiger charge is 2.24. The summed E-state index contributed by atoms with van der Waals surface area (Å²) in [6.07, 6.45) is 1.65. The first-order valence-electron chi connectivity index (χ1n) is 9.32. The van der Waals surface area contributed by atoms with Crippen LogP contribution in [0.4, 0.5) is 14.6 Å². The minimum Gasteiger partial charge on any atom is -0.353 e. The molecule has 0 aliphatic carbocycles. The third-order valence-electron chi connectivity index (χ3n) is 4.97. The predicted octanol–water partition coefficient (Wildman–Crippen LogP) is 4.41. The molecule has 0 saturated carbocycles. The van der Waals surface area contributed by atoms with E-state index in [4.69, 9.17) is 11.6 Å². The predicted molar refractivity (Wildman–Crippen MR) is 108 cm³/mol. The third kappa shape index (κ3) is 4.40. The lowest BCUT2D eigenvalue weighted by Gasteiger charge is -2.33. The van der Waals surface area contributed by atoms with E-state index in [-0.39, 0.29) is 17.4 Å². The van der Waals surface area contributed by atoms with E-state index in [1.807, 2.05) is 6.07 Å². The molecular formula is C21H19ClF2N4O. The summed E-state index contributed by atoms with van der Waals surface area (Å²) in [5, 5.41) is 10.5. The van der Waals surface area contributed by atoms with Gasteiger partial charge in [0.2, 0.25) is 0 Å². The quantitative estimate of drug-likeness (QED) is 0.662. The number of H-pyrrole nitrogens is 1. The first-order valence-corrected chi connectivity index (χ1v) is 9.69. The summed E-state index contributed by atoms with van der Waals surface area (Å²) in [5.74, 6) is -0.627. The van der Waals surface area contributed by atoms with Gasteiger partial charge in [0.1, 0.15) is 11.6 Å². The van der Waals surface area contributed by atoms with Gasteiger partial charge >= 0.3 is 0 Å². The SMILES string of the molecule is O=C(NC1CCCN(c2cc(-c3ccc(F)cc3)[nH]n2)C1)c1cc(Cl)ccc1F. The summed E-state index contributed by atoms with van der Waals surface area (Å²) in [7, 11) is 0. The lowest BCUT2D eigenvalue weighted by Crippen LogP contribution is -2.48. The first-order chi connectivity index (χ1) is 14.0. The van der Waals surface area contributed by atoms with Gasteiger partial charge in [-0.25, -0.2) is 8.78 Å². The number of amides is 1. The zero-order valence-corrected chi connectivity index (χ0v) is 16.2. The van der Waals surface area contributed by atoms with Gasteiger partial charge in [0, 0.05) is 30.2 Å². The van der Waals surface area contributed by atoms with Gasteiger partial charge in [-0.3, -0.25) is 9.89 Å². The fraction of sp³-hybridized carbons (Fsp3) is 0.238. The highest BCUT2D eigenvalue weighted by molar-refractivity contribution is 6.31. The average molecular weight is 417 g/mol. The molecule has 2 aromatic carbocycles. The smallest absolute Gasteiger partial charge is 0.254 e. The van der Waals surface area contributed by atoms with E-state index >= 15 is 0 Å². The van der Waals surface area contributed by atoms with E-state index < -0.39 is 11.7 Å². The second-order valence-corrected chi connectivity index (χ2v) is 7.47.